The van der Waals surface area contributed by atoms with Crippen LogP contribution in [0.4, 0.5) is 4.79 Å². The summed E-state index contributed by atoms with van der Waals surface area (Å²) in [6.07, 6.45) is 2.73. The maximum Gasteiger partial charge on any atom is 0.428 e. The average molecular weight is 278 g/mol. The maximum absolute atomic E-state index is 11.7. The molecular weight excluding hydrogens is 256 g/mol. The van der Waals surface area contributed by atoms with Crippen LogP contribution in [0.3, 0.4) is 0 Å². The van der Waals surface area contributed by atoms with Gasteiger partial charge in [-0.1, -0.05) is 30.3 Å². The second kappa shape index (κ2) is 7.87. The molecule has 0 aromatic heterocycles. The van der Waals surface area contributed by atoms with Crippen molar-refractivity contribution < 1.29 is 14.7 Å². The number of nitrogens with one attached hydrogen (secondary N) is 1. The monoisotopic (exact) mass is 278 g/mol. The van der Waals surface area contributed by atoms with Crippen LogP contribution in [0, 0.1) is 5.92 Å². The molecule has 1 saturated heterocycles. The van der Waals surface area contributed by atoms with E-state index in [0.717, 1.165) is 32.4 Å². The Morgan fingerprint density at radius 1 is 1.30 bits per heavy atom. The van der Waals surface area contributed by atoms with Gasteiger partial charge in [0, 0.05) is 13.1 Å². The van der Waals surface area contributed by atoms with E-state index in [1.54, 1.807) is 4.90 Å². The van der Waals surface area contributed by atoms with E-state index in [1.165, 1.54) is 5.56 Å². The molecule has 0 spiro atoms. The fraction of sp³-hybridized carbons (Fsp3) is 0.533. The van der Waals surface area contributed by atoms with Gasteiger partial charge in [0.2, 0.25) is 0 Å². The second-order valence-electron chi connectivity index (χ2n) is 5.11. The van der Waals surface area contributed by atoms with Crippen molar-refractivity contribution in [1.29, 1.82) is 0 Å². The zero-order valence-corrected chi connectivity index (χ0v) is 11.6. The van der Waals surface area contributed by atoms with Crippen molar-refractivity contribution in [3.8, 4) is 0 Å². The molecule has 0 saturated carbocycles. The van der Waals surface area contributed by atoms with Crippen molar-refractivity contribution in [1.82, 2.24) is 10.4 Å². The molecule has 1 aromatic rings. The van der Waals surface area contributed by atoms with E-state index >= 15 is 0 Å². The molecule has 2 rings (SSSR count). The number of likely N-dealkylation sites (tertiary alicyclic amines) is 1. The molecule has 0 unspecified atom stereocenters. The van der Waals surface area contributed by atoms with Crippen LogP contribution in [-0.4, -0.2) is 42.3 Å². The molecule has 0 aliphatic carbocycles. The summed E-state index contributed by atoms with van der Waals surface area (Å²) in [6.45, 7) is 1.68. The SMILES string of the molecule is O=C(ONCCO)N1CCC(Cc2ccccc2)CC1. The Bertz CT molecular complexity index is 403. The number of benzene rings is 1. The van der Waals surface area contributed by atoms with Crippen LogP contribution in [0.2, 0.25) is 0 Å². The van der Waals surface area contributed by atoms with Crippen LogP contribution in [0.15, 0.2) is 30.3 Å². The summed E-state index contributed by atoms with van der Waals surface area (Å²) in [7, 11) is 0. The van der Waals surface area contributed by atoms with Gasteiger partial charge in [0.25, 0.3) is 0 Å². The topological polar surface area (TPSA) is 61.8 Å². The van der Waals surface area contributed by atoms with Gasteiger partial charge in [-0.2, -0.15) is 0 Å². The number of hydrogen-bond acceptors (Lipinski definition) is 4. The molecule has 1 fully saturated rings. The Hall–Kier alpha value is -1.59. The minimum absolute atomic E-state index is 0.0492. The summed E-state index contributed by atoms with van der Waals surface area (Å²) in [5.74, 6) is 0.631. The van der Waals surface area contributed by atoms with Gasteiger partial charge in [0.15, 0.2) is 0 Å². The highest BCUT2D eigenvalue weighted by Crippen LogP contribution is 2.21. The molecule has 1 heterocycles. The number of nitrogens with zero attached hydrogens (tertiary/aromatic N) is 1. The molecular formula is C15H22N2O3. The number of hydrogen-bond donors (Lipinski definition) is 2. The molecule has 0 radical (unpaired) electrons. The summed E-state index contributed by atoms with van der Waals surface area (Å²) in [4.78, 5) is 18.3. The van der Waals surface area contributed by atoms with Gasteiger partial charge < -0.3 is 14.8 Å². The van der Waals surface area contributed by atoms with Crippen LogP contribution < -0.4 is 5.48 Å². The summed E-state index contributed by atoms with van der Waals surface area (Å²) in [5, 5.41) is 8.60. The Kier molecular flexibility index (Phi) is 5.83. The molecule has 0 bridgehead atoms. The van der Waals surface area contributed by atoms with Crippen LogP contribution in [-0.2, 0) is 11.3 Å². The minimum atomic E-state index is -0.350. The molecule has 5 heteroatoms. The smallest absolute Gasteiger partial charge is 0.395 e. The highest BCUT2D eigenvalue weighted by molar-refractivity contribution is 5.67. The first-order chi connectivity index (χ1) is 9.79. The standard InChI is InChI=1S/C15H22N2O3/c18-11-8-16-20-15(19)17-9-6-14(7-10-17)12-13-4-2-1-3-5-13/h1-5,14,16,18H,6-12H2. The number of aliphatic hydroxyl groups excluding tert-OH is 1. The minimum Gasteiger partial charge on any atom is -0.395 e. The van der Waals surface area contributed by atoms with E-state index < -0.39 is 0 Å². The number of carbonyl (C=O) groups excluding carboxylic acids is 1. The van der Waals surface area contributed by atoms with Crippen molar-refractivity contribution in [3.63, 3.8) is 0 Å². The van der Waals surface area contributed by atoms with E-state index in [2.05, 4.69) is 29.7 Å². The summed E-state index contributed by atoms with van der Waals surface area (Å²) < 4.78 is 0. The van der Waals surface area contributed by atoms with Crippen molar-refractivity contribution in [2.75, 3.05) is 26.2 Å². The fourth-order valence-corrected chi connectivity index (χ4v) is 2.49. The first-order valence-corrected chi connectivity index (χ1v) is 7.13. The number of aliphatic hydroxyl groups is 1. The lowest BCUT2D eigenvalue weighted by molar-refractivity contribution is 0.0405. The van der Waals surface area contributed by atoms with Crippen molar-refractivity contribution in [3.05, 3.63) is 35.9 Å². The normalized spacial score (nSPS) is 16.1. The maximum atomic E-state index is 11.7. The molecule has 110 valence electrons. The first-order valence-electron chi connectivity index (χ1n) is 7.13. The molecule has 1 aliphatic rings. The highest BCUT2D eigenvalue weighted by atomic mass is 16.7. The van der Waals surface area contributed by atoms with Gasteiger partial charge in [0.05, 0.1) is 13.2 Å². The number of amides is 1. The van der Waals surface area contributed by atoms with Gasteiger partial charge >= 0.3 is 6.09 Å². The lowest BCUT2D eigenvalue weighted by Crippen LogP contribution is -2.41. The fourth-order valence-electron chi connectivity index (χ4n) is 2.49. The van der Waals surface area contributed by atoms with Crippen LogP contribution >= 0.6 is 0 Å². The number of piperidine rings is 1. The van der Waals surface area contributed by atoms with Crippen molar-refractivity contribution in [2.24, 2.45) is 5.92 Å². The first kappa shape index (κ1) is 14.8. The second-order valence-corrected chi connectivity index (χ2v) is 5.11. The summed E-state index contributed by atoms with van der Waals surface area (Å²) in [6, 6.07) is 10.5. The average Bonchev–Trinajstić information content (AvgIpc) is 2.49. The predicted octanol–water partition coefficient (Wildman–Crippen LogP) is 1.57. The summed E-state index contributed by atoms with van der Waals surface area (Å²) in [5.41, 5.74) is 3.80. The van der Waals surface area contributed by atoms with Crippen molar-refractivity contribution in [2.45, 2.75) is 19.3 Å². The number of hydroxylamine groups is 1. The van der Waals surface area contributed by atoms with Gasteiger partial charge in [0.1, 0.15) is 0 Å². The Morgan fingerprint density at radius 2 is 2.00 bits per heavy atom. The van der Waals surface area contributed by atoms with Crippen molar-refractivity contribution >= 4 is 6.09 Å². The van der Waals surface area contributed by atoms with E-state index in [0.29, 0.717) is 5.92 Å². The van der Waals surface area contributed by atoms with E-state index in [9.17, 15) is 4.79 Å². The Labute approximate surface area is 119 Å². The van der Waals surface area contributed by atoms with Crippen LogP contribution in [0.1, 0.15) is 18.4 Å². The lowest BCUT2D eigenvalue weighted by atomic mass is 9.90. The lowest BCUT2D eigenvalue weighted by Gasteiger charge is -2.31. The molecule has 1 amide bonds. The zero-order chi connectivity index (χ0) is 14.2. The largest absolute Gasteiger partial charge is 0.428 e. The zero-order valence-electron chi connectivity index (χ0n) is 11.6. The predicted molar refractivity (Wildman–Crippen MR) is 76.0 cm³/mol. The van der Waals surface area contributed by atoms with Gasteiger partial charge in [-0.3, -0.25) is 0 Å². The van der Waals surface area contributed by atoms with Crippen LogP contribution in [0.5, 0.6) is 0 Å². The summed E-state index contributed by atoms with van der Waals surface area (Å²) >= 11 is 0. The number of carbonyl (C=O) groups is 1. The molecule has 1 aliphatic heterocycles. The molecule has 20 heavy (non-hydrogen) atoms. The number of rotatable bonds is 5. The third-order valence-electron chi connectivity index (χ3n) is 3.61. The Balaban J connectivity index is 1.71. The van der Waals surface area contributed by atoms with Gasteiger partial charge in [-0.05, 0) is 30.7 Å². The van der Waals surface area contributed by atoms with Gasteiger partial charge in [-0.15, -0.1) is 5.48 Å². The molecule has 5 nitrogen and oxygen atoms in total. The van der Waals surface area contributed by atoms with Crippen LogP contribution in [0.25, 0.3) is 0 Å². The van der Waals surface area contributed by atoms with E-state index in [-0.39, 0.29) is 19.2 Å². The van der Waals surface area contributed by atoms with Gasteiger partial charge in [-0.25, -0.2) is 4.79 Å². The Morgan fingerprint density at radius 3 is 2.65 bits per heavy atom. The van der Waals surface area contributed by atoms with E-state index in [1.807, 2.05) is 6.07 Å². The van der Waals surface area contributed by atoms with E-state index in [4.69, 9.17) is 9.94 Å². The quantitative estimate of drug-likeness (QED) is 0.634. The molecule has 2 N–H and O–H groups in total. The molecule has 1 aromatic carbocycles. The highest BCUT2D eigenvalue weighted by Gasteiger charge is 2.23. The molecule has 0 atom stereocenters. The third kappa shape index (κ3) is 4.51. The third-order valence-corrected chi connectivity index (χ3v) is 3.61.